The third kappa shape index (κ3) is 5.62. The number of hydrogen-bond donors (Lipinski definition) is 1. The number of benzene rings is 2. The van der Waals surface area contributed by atoms with Gasteiger partial charge >= 0.3 is 29.6 Å². The van der Waals surface area contributed by atoms with Crippen molar-refractivity contribution in [3.05, 3.63) is 70.6 Å². The van der Waals surface area contributed by atoms with E-state index in [-0.39, 0.29) is 48.5 Å². The Hall–Kier alpha value is -2.12. The number of carboxylic acids is 1. The normalized spacial score (nSPS) is 14.6. The number of nitrogens with zero attached hydrogens (tertiary/aromatic N) is 1. The minimum absolute atomic E-state index is 0. The van der Waals surface area contributed by atoms with E-state index in [0.29, 0.717) is 18.9 Å². The molecule has 6 nitrogen and oxygen atoms in total. The molecule has 3 aromatic rings. The summed E-state index contributed by atoms with van der Waals surface area (Å²) in [5, 5.41) is 20.1. The molecule has 7 heteroatoms. The Morgan fingerprint density at radius 2 is 2.03 bits per heavy atom. The van der Waals surface area contributed by atoms with Gasteiger partial charge in [-0.1, -0.05) is 25.1 Å². The van der Waals surface area contributed by atoms with Crippen LogP contribution in [-0.4, -0.2) is 22.7 Å². The Morgan fingerprint density at radius 1 is 1.25 bits per heavy atom. The number of carbonyl (C=O) groups excluding carboxylic acids is 1. The average Bonchev–Trinajstić information content (AvgIpc) is 3.37. The molecule has 0 amide bonds. The molecule has 4 rings (SSSR count). The fourth-order valence-electron chi connectivity index (χ4n) is 4.18. The van der Waals surface area contributed by atoms with Gasteiger partial charge in [0.25, 0.3) is 0 Å². The Bertz CT molecular complexity index is 1060. The van der Waals surface area contributed by atoms with Crippen molar-refractivity contribution in [3.8, 4) is 17.2 Å². The number of ether oxygens (including phenoxy) is 1. The van der Waals surface area contributed by atoms with Crippen molar-refractivity contribution in [1.82, 2.24) is 4.98 Å². The van der Waals surface area contributed by atoms with E-state index in [4.69, 9.17) is 9.15 Å². The van der Waals surface area contributed by atoms with Gasteiger partial charge in [0.1, 0.15) is 11.5 Å². The second-order valence-corrected chi connectivity index (χ2v) is 7.87. The first kappa shape index (κ1) is 24.5. The second kappa shape index (κ2) is 11.1. The third-order valence-electron chi connectivity index (χ3n) is 5.82. The van der Waals surface area contributed by atoms with Crippen molar-refractivity contribution in [3.63, 3.8) is 0 Å². The van der Waals surface area contributed by atoms with E-state index in [2.05, 4.69) is 4.98 Å². The topological polar surface area (TPSA) is 95.6 Å². The summed E-state index contributed by atoms with van der Waals surface area (Å²) in [5.41, 5.74) is 4.87. The van der Waals surface area contributed by atoms with Crippen LogP contribution in [0.4, 0.5) is 0 Å². The number of rotatable bonds is 9. The smallest absolute Gasteiger partial charge is 0.550 e. The zero-order valence-electron chi connectivity index (χ0n) is 18.6. The van der Waals surface area contributed by atoms with Crippen LogP contribution >= 0.6 is 0 Å². The Kier molecular flexibility index (Phi) is 8.54. The van der Waals surface area contributed by atoms with E-state index in [0.717, 1.165) is 58.7 Å². The maximum absolute atomic E-state index is 10.9. The molecule has 162 valence electrons. The predicted molar refractivity (Wildman–Crippen MR) is 114 cm³/mol. The molecule has 32 heavy (non-hydrogen) atoms. The first-order chi connectivity index (χ1) is 15.1. The van der Waals surface area contributed by atoms with E-state index in [9.17, 15) is 15.0 Å². The number of hydrogen-bond acceptors (Lipinski definition) is 6. The van der Waals surface area contributed by atoms with Crippen LogP contribution < -0.4 is 39.4 Å². The predicted octanol–water partition coefficient (Wildman–Crippen LogP) is 0.192. The summed E-state index contributed by atoms with van der Waals surface area (Å²) in [4.78, 5) is 15.6. The van der Waals surface area contributed by atoms with Crippen molar-refractivity contribution in [1.29, 1.82) is 0 Å². The van der Waals surface area contributed by atoms with E-state index in [1.54, 1.807) is 0 Å². The first-order valence-corrected chi connectivity index (χ1v) is 10.7. The molecule has 0 fully saturated rings. The van der Waals surface area contributed by atoms with Crippen LogP contribution in [0, 0.1) is 0 Å². The average molecular weight is 443 g/mol. The maximum atomic E-state index is 10.9. The van der Waals surface area contributed by atoms with Gasteiger partial charge in [0.15, 0.2) is 0 Å². The summed E-state index contributed by atoms with van der Waals surface area (Å²) in [6.07, 6.45) is 3.16. The van der Waals surface area contributed by atoms with Crippen LogP contribution in [0.5, 0.6) is 5.75 Å². The van der Waals surface area contributed by atoms with Crippen molar-refractivity contribution in [2.75, 3.05) is 6.61 Å². The van der Waals surface area contributed by atoms with Gasteiger partial charge in [-0.25, -0.2) is 4.98 Å². The molecule has 1 aromatic heterocycles. The molecule has 0 spiro atoms. The molecule has 2 aromatic carbocycles. The van der Waals surface area contributed by atoms with Gasteiger partial charge in [-0.05, 0) is 66.1 Å². The van der Waals surface area contributed by atoms with Crippen LogP contribution in [0.15, 0.2) is 46.9 Å². The molecule has 0 bridgehead atoms. The molecule has 1 atom stereocenters. The SMILES string of the molecule is CCc1oc(-c2ccc(CO)cc2)nc1CCOc1ccc2c(c1)CC[C@@H]2CC(=O)[O-].[Na+]. The molecule has 1 N–H and O–H groups in total. The fourth-order valence-corrected chi connectivity index (χ4v) is 4.18. The van der Waals surface area contributed by atoms with Crippen LogP contribution in [0.1, 0.15) is 53.8 Å². The number of aliphatic hydroxyl groups excluding tert-OH is 1. The summed E-state index contributed by atoms with van der Waals surface area (Å²) < 4.78 is 11.9. The largest absolute Gasteiger partial charge is 1.00 e. The van der Waals surface area contributed by atoms with Gasteiger partial charge in [0.2, 0.25) is 5.89 Å². The monoisotopic (exact) mass is 443 g/mol. The van der Waals surface area contributed by atoms with Crippen molar-refractivity contribution >= 4 is 5.97 Å². The van der Waals surface area contributed by atoms with Gasteiger partial charge in [-0.2, -0.15) is 0 Å². The third-order valence-corrected chi connectivity index (χ3v) is 5.82. The van der Waals surface area contributed by atoms with Crippen LogP contribution in [0.3, 0.4) is 0 Å². The quantitative estimate of drug-likeness (QED) is 0.475. The minimum atomic E-state index is -0.999. The molecule has 1 heterocycles. The van der Waals surface area contributed by atoms with E-state index < -0.39 is 5.97 Å². The van der Waals surface area contributed by atoms with E-state index >= 15 is 0 Å². The molecule has 0 unspecified atom stereocenters. The number of aliphatic hydroxyl groups is 1. The molecule has 0 saturated heterocycles. The Labute approximate surface area is 209 Å². The number of carboxylic acid groups (broad SMARTS) is 1. The molecule has 1 aliphatic rings. The van der Waals surface area contributed by atoms with Gasteiger partial charge < -0.3 is 24.2 Å². The summed E-state index contributed by atoms with van der Waals surface area (Å²) in [6, 6.07) is 13.4. The van der Waals surface area contributed by atoms with Crippen LogP contribution in [0.25, 0.3) is 11.5 Å². The number of aryl methyl sites for hydroxylation is 2. The van der Waals surface area contributed by atoms with Crippen molar-refractivity contribution < 1.29 is 53.7 Å². The summed E-state index contributed by atoms with van der Waals surface area (Å²) in [6.45, 7) is 2.52. The van der Waals surface area contributed by atoms with Gasteiger partial charge in [0.05, 0.1) is 18.9 Å². The van der Waals surface area contributed by atoms with Gasteiger partial charge in [0, 0.05) is 24.4 Å². The maximum Gasteiger partial charge on any atom is 1.00 e. The van der Waals surface area contributed by atoms with Gasteiger partial charge in [-0.15, -0.1) is 0 Å². The second-order valence-electron chi connectivity index (χ2n) is 7.87. The Balaban J connectivity index is 0.00000289. The minimum Gasteiger partial charge on any atom is -0.550 e. The summed E-state index contributed by atoms with van der Waals surface area (Å²) in [7, 11) is 0. The number of aromatic nitrogens is 1. The Morgan fingerprint density at radius 3 is 2.72 bits per heavy atom. The zero-order valence-corrected chi connectivity index (χ0v) is 20.6. The first-order valence-electron chi connectivity index (χ1n) is 10.7. The van der Waals surface area contributed by atoms with Crippen molar-refractivity contribution in [2.24, 2.45) is 0 Å². The molecular formula is C25H26NNaO5. The van der Waals surface area contributed by atoms with E-state index in [1.165, 1.54) is 0 Å². The standard InChI is InChI=1S/C25H27NO5.Na/c1-2-23-22(26-25(31-23)17-5-3-16(15-27)4-6-17)11-12-30-20-9-10-21-18(13-20)7-8-19(21)14-24(28)29;/h3-6,9-10,13,19,27H,2,7-8,11-12,14-15H2,1H3,(H,28,29);/q;+1/p-1/t19-;/m1./s1. The van der Waals surface area contributed by atoms with Crippen molar-refractivity contribution in [2.45, 2.75) is 51.6 Å². The van der Waals surface area contributed by atoms with Crippen LogP contribution in [-0.2, 0) is 30.7 Å². The number of oxazole rings is 1. The zero-order chi connectivity index (χ0) is 21.8. The molecule has 0 saturated carbocycles. The summed E-state index contributed by atoms with van der Waals surface area (Å²) in [5.74, 6) is 1.26. The van der Waals surface area contributed by atoms with Gasteiger partial charge in [-0.3, -0.25) is 0 Å². The molecule has 0 radical (unpaired) electrons. The molecule has 1 aliphatic carbocycles. The number of fused-ring (bicyclic) bond motifs is 1. The molecular weight excluding hydrogens is 417 g/mol. The van der Waals surface area contributed by atoms with E-state index in [1.807, 2.05) is 49.4 Å². The fraction of sp³-hybridized carbons (Fsp3) is 0.360. The van der Waals surface area contributed by atoms with Crippen LogP contribution in [0.2, 0.25) is 0 Å². The summed E-state index contributed by atoms with van der Waals surface area (Å²) >= 11 is 0. The molecule has 0 aliphatic heterocycles. The number of aliphatic carboxylic acids is 1. The number of carbonyl (C=O) groups is 1.